The van der Waals surface area contributed by atoms with Gasteiger partial charge in [-0.3, -0.25) is 19.3 Å². The van der Waals surface area contributed by atoms with Crippen molar-refractivity contribution in [2.24, 2.45) is 0 Å². The van der Waals surface area contributed by atoms with E-state index in [2.05, 4.69) is 29.1 Å². The Labute approximate surface area is 174 Å². The van der Waals surface area contributed by atoms with Crippen molar-refractivity contribution in [3.8, 4) is 0 Å². The fraction of sp³-hybridized carbons (Fsp3) is 0.476. The first-order valence-electron chi connectivity index (χ1n) is 10.1. The van der Waals surface area contributed by atoms with Gasteiger partial charge in [-0.1, -0.05) is 23.5 Å². The molecule has 1 aliphatic heterocycles. The summed E-state index contributed by atoms with van der Waals surface area (Å²) in [6, 6.07) is 8.02. The molecule has 3 heterocycles. The van der Waals surface area contributed by atoms with Crippen molar-refractivity contribution in [3.63, 3.8) is 0 Å². The van der Waals surface area contributed by atoms with Crippen LogP contribution in [0.5, 0.6) is 0 Å². The van der Waals surface area contributed by atoms with Gasteiger partial charge in [-0.25, -0.2) is 4.98 Å². The number of amides is 1. The fourth-order valence-corrected chi connectivity index (χ4v) is 4.71. The average Bonchev–Trinajstić information content (AvgIpc) is 3.33. The molecule has 1 fully saturated rings. The minimum Gasteiger partial charge on any atom is -0.379 e. The summed E-state index contributed by atoms with van der Waals surface area (Å²) in [6.07, 6.45) is 0. The molecule has 0 atom stereocenters. The highest BCUT2D eigenvalue weighted by molar-refractivity contribution is 7.22. The zero-order valence-corrected chi connectivity index (χ0v) is 18.0. The number of hydrogen-bond donors (Lipinski definition) is 0. The second kappa shape index (κ2) is 8.61. The van der Waals surface area contributed by atoms with Crippen LogP contribution < -0.4 is 4.90 Å². The highest BCUT2D eigenvalue weighted by Gasteiger charge is 2.25. The Morgan fingerprint density at radius 3 is 2.79 bits per heavy atom. The molecule has 0 N–H and O–H groups in total. The minimum atomic E-state index is -0.0441. The summed E-state index contributed by atoms with van der Waals surface area (Å²) < 4.78 is 8.33. The van der Waals surface area contributed by atoms with Gasteiger partial charge in [0.05, 0.1) is 29.1 Å². The molecule has 154 valence electrons. The van der Waals surface area contributed by atoms with E-state index in [1.54, 1.807) is 16.0 Å². The molecule has 1 aromatic carbocycles. The maximum atomic E-state index is 13.6. The van der Waals surface area contributed by atoms with Crippen LogP contribution in [-0.4, -0.2) is 65.0 Å². The van der Waals surface area contributed by atoms with Gasteiger partial charge in [0.15, 0.2) is 5.13 Å². The number of morpholine rings is 1. The van der Waals surface area contributed by atoms with Crippen LogP contribution in [0.1, 0.15) is 28.7 Å². The summed E-state index contributed by atoms with van der Waals surface area (Å²) in [4.78, 5) is 22.6. The van der Waals surface area contributed by atoms with Crippen molar-refractivity contribution in [3.05, 3.63) is 41.2 Å². The Balaban J connectivity index is 1.67. The lowest BCUT2D eigenvalue weighted by Gasteiger charge is -2.29. The van der Waals surface area contributed by atoms with Gasteiger partial charge < -0.3 is 4.74 Å². The summed E-state index contributed by atoms with van der Waals surface area (Å²) in [6.45, 7) is 11.3. The molecule has 0 aliphatic carbocycles. The van der Waals surface area contributed by atoms with E-state index in [4.69, 9.17) is 9.72 Å². The Bertz CT molecular complexity index is 1010. The average molecular weight is 414 g/mol. The predicted molar refractivity (Wildman–Crippen MR) is 116 cm³/mol. The summed E-state index contributed by atoms with van der Waals surface area (Å²) in [5.41, 5.74) is 3.56. The molecular formula is C21H27N5O2S. The third-order valence-corrected chi connectivity index (χ3v) is 6.29. The van der Waals surface area contributed by atoms with Gasteiger partial charge in [0.1, 0.15) is 5.69 Å². The monoisotopic (exact) mass is 413 g/mol. The molecule has 1 aliphatic rings. The first-order chi connectivity index (χ1) is 14.1. The zero-order valence-electron chi connectivity index (χ0n) is 17.2. The fourth-order valence-electron chi connectivity index (χ4n) is 3.64. The SMILES string of the molecule is CCn1nc(C)cc1C(=O)N(CCN1CCOCC1)c1nc2c(C)cccc2s1. The molecule has 29 heavy (non-hydrogen) atoms. The summed E-state index contributed by atoms with van der Waals surface area (Å²) in [7, 11) is 0. The molecule has 1 saturated heterocycles. The molecular weight excluding hydrogens is 386 g/mol. The van der Waals surface area contributed by atoms with Crippen molar-refractivity contribution in [1.29, 1.82) is 0 Å². The number of carbonyl (C=O) groups excluding carboxylic acids is 1. The van der Waals surface area contributed by atoms with Gasteiger partial charge in [-0.15, -0.1) is 0 Å². The minimum absolute atomic E-state index is 0.0441. The molecule has 2 aromatic heterocycles. The van der Waals surface area contributed by atoms with E-state index in [9.17, 15) is 4.79 Å². The third-order valence-electron chi connectivity index (χ3n) is 5.25. The number of fused-ring (bicyclic) bond motifs is 1. The number of aryl methyl sites for hydroxylation is 3. The summed E-state index contributed by atoms with van der Waals surface area (Å²) in [5.74, 6) is -0.0441. The molecule has 3 aromatic rings. The lowest BCUT2D eigenvalue weighted by molar-refractivity contribution is 0.0391. The topological polar surface area (TPSA) is 63.5 Å². The van der Waals surface area contributed by atoms with E-state index in [-0.39, 0.29) is 5.91 Å². The number of para-hydroxylation sites is 1. The molecule has 0 unspecified atom stereocenters. The van der Waals surface area contributed by atoms with E-state index >= 15 is 0 Å². The van der Waals surface area contributed by atoms with Crippen LogP contribution in [-0.2, 0) is 11.3 Å². The molecule has 0 spiro atoms. The van der Waals surface area contributed by atoms with Crippen molar-refractivity contribution in [2.45, 2.75) is 27.3 Å². The van der Waals surface area contributed by atoms with Crippen molar-refractivity contribution >= 4 is 32.6 Å². The van der Waals surface area contributed by atoms with Gasteiger partial charge in [0.25, 0.3) is 5.91 Å². The molecule has 1 amide bonds. The number of benzene rings is 1. The first-order valence-corrected chi connectivity index (χ1v) is 10.9. The molecule has 0 radical (unpaired) electrons. The van der Waals surface area contributed by atoms with Crippen molar-refractivity contribution < 1.29 is 9.53 Å². The van der Waals surface area contributed by atoms with Gasteiger partial charge in [-0.2, -0.15) is 5.10 Å². The number of thiazole rings is 1. The van der Waals surface area contributed by atoms with E-state index in [0.717, 1.165) is 59.5 Å². The number of anilines is 1. The Kier molecular flexibility index (Phi) is 5.94. The Hall–Kier alpha value is -2.29. The van der Waals surface area contributed by atoms with E-state index in [0.29, 0.717) is 18.8 Å². The third kappa shape index (κ3) is 4.19. The van der Waals surface area contributed by atoms with Crippen LogP contribution in [0.25, 0.3) is 10.2 Å². The smallest absolute Gasteiger partial charge is 0.278 e. The van der Waals surface area contributed by atoms with Crippen molar-refractivity contribution in [1.82, 2.24) is 19.7 Å². The highest BCUT2D eigenvalue weighted by Crippen LogP contribution is 2.31. The van der Waals surface area contributed by atoms with E-state index < -0.39 is 0 Å². The van der Waals surface area contributed by atoms with Crippen LogP contribution in [0.15, 0.2) is 24.3 Å². The lowest BCUT2D eigenvalue weighted by atomic mass is 10.2. The number of nitrogens with zero attached hydrogens (tertiary/aromatic N) is 5. The zero-order chi connectivity index (χ0) is 20.4. The quantitative estimate of drug-likeness (QED) is 0.621. The second-order valence-corrected chi connectivity index (χ2v) is 8.32. The number of aromatic nitrogens is 3. The highest BCUT2D eigenvalue weighted by atomic mass is 32.1. The van der Waals surface area contributed by atoms with Crippen LogP contribution in [0.4, 0.5) is 5.13 Å². The van der Waals surface area contributed by atoms with E-state index in [1.165, 1.54) is 0 Å². The first kappa shape index (κ1) is 20.0. The number of carbonyl (C=O) groups is 1. The predicted octanol–water partition coefficient (Wildman–Crippen LogP) is 3.11. The maximum Gasteiger partial charge on any atom is 0.278 e. The molecule has 0 saturated carbocycles. The maximum absolute atomic E-state index is 13.6. The summed E-state index contributed by atoms with van der Waals surface area (Å²) >= 11 is 1.57. The van der Waals surface area contributed by atoms with Gasteiger partial charge >= 0.3 is 0 Å². The van der Waals surface area contributed by atoms with Crippen LogP contribution in [0.3, 0.4) is 0 Å². The normalized spacial score (nSPS) is 15.1. The number of rotatable bonds is 6. The van der Waals surface area contributed by atoms with Gasteiger partial charge in [0, 0.05) is 32.7 Å². The van der Waals surface area contributed by atoms with Crippen LogP contribution >= 0.6 is 11.3 Å². The summed E-state index contributed by atoms with van der Waals surface area (Å²) in [5, 5.41) is 5.20. The molecule has 7 nitrogen and oxygen atoms in total. The molecule has 0 bridgehead atoms. The lowest BCUT2D eigenvalue weighted by Crippen LogP contribution is -2.43. The standard InChI is InChI=1S/C21H27N5O2S/c1-4-26-17(14-16(3)23-26)20(27)25(9-8-24-10-12-28-13-11-24)21-22-19-15(2)6-5-7-18(19)29-21/h5-7,14H,4,8-13H2,1-3H3. The van der Waals surface area contributed by atoms with Crippen LogP contribution in [0.2, 0.25) is 0 Å². The largest absolute Gasteiger partial charge is 0.379 e. The second-order valence-electron chi connectivity index (χ2n) is 7.32. The number of ether oxygens (including phenoxy) is 1. The Morgan fingerprint density at radius 2 is 2.07 bits per heavy atom. The van der Waals surface area contributed by atoms with Crippen molar-refractivity contribution in [2.75, 3.05) is 44.3 Å². The van der Waals surface area contributed by atoms with Gasteiger partial charge in [-0.05, 0) is 38.5 Å². The Morgan fingerprint density at radius 1 is 1.28 bits per heavy atom. The van der Waals surface area contributed by atoms with Crippen LogP contribution in [0, 0.1) is 13.8 Å². The van der Waals surface area contributed by atoms with Gasteiger partial charge in [0.2, 0.25) is 0 Å². The number of hydrogen-bond acceptors (Lipinski definition) is 6. The van der Waals surface area contributed by atoms with E-state index in [1.807, 2.05) is 30.9 Å². The molecule has 4 rings (SSSR count). The molecule has 8 heteroatoms.